The third-order valence-electron chi connectivity index (χ3n) is 6.45. The number of carbonyl (C=O) groups is 1. The lowest BCUT2D eigenvalue weighted by molar-refractivity contribution is 0.0546. The maximum atomic E-state index is 13.1. The van der Waals surface area contributed by atoms with Crippen LogP contribution in [0.4, 0.5) is 4.79 Å². The smallest absolute Gasteiger partial charge is 0.410 e. The molecule has 9 nitrogen and oxygen atoms in total. The second-order valence-corrected chi connectivity index (χ2v) is 8.57. The molecule has 1 amide bonds. The van der Waals surface area contributed by atoms with Crippen molar-refractivity contribution < 1.29 is 34.3 Å². The molecule has 186 valence electrons. The predicted molar refractivity (Wildman–Crippen MR) is 126 cm³/mol. The molecule has 0 aliphatic carbocycles. The summed E-state index contributed by atoms with van der Waals surface area (Å²) in [5, 5.41) is 30.4. The lowest BCUT2D eigenvalue weighted by Crippen LogP contribution is -2.53. The average Bonchev–Trinajstić information content (AvgIpc) is 3.22. The fraction of sp³-hybridized carbons (Fsp3) is 0.480. The van der Waals surface area contributed by atoms with Gasteiger partial charge in [0.25, 0.3) is 0 Å². The largest absolute Gasteiger partial charge is 0.504 e. The summed E-state index contributed by atoms with van der Waals surface area (Å²) in [6.45, 7) is 1.39. The first-order valence-electron chi connectivity index (χ1n) is 11.3. The summed E-state index contributed by atoms with van der Waals surface area (Å²) in [5.74, 6) is 0.464. The fourth-order valence-corrected chi connectivity index (χ4v) is 4.94. The molecule has 1 aliphatic heterocycles. The van der Waals surface area contributed by atoms with Gasteiger partial charge in [-0.1, -0.05) is 30.3 Å². The summed E-state index contributed by atoms with van der Waals surface area (Å²) in [4.78, 5) is 14.6. The number of aromatic hydroxyl groups is 1. The molecule has 0 spiro atoms. The Labute approximate surface area is 199 Å². The molecule has 2 aromatic rings. The van der Waals surface area contributed by atoms with Crippen molar-refractivity contribution in [2.75, 3.05) is 27.4 Å². The highest BCUT2D eigenvalue weighted by Gasteiger charge is 2.47. The number of methoxy groups -OCH3 is 2. The Bertz CT molecular complexity index is 969. The standard InChI is InChI=1S/C25H34N2O7/c1-15-23(32-2)17(11-21(30)24(15)33-3)10-20(26)22-18(12-28)9-19(13-29)27(22)25(31)34-14-16-7-5-4-6-8-16/h4-8,11,18-20,22,28-30H,9-10,12-14,26H2,1-3H3/t18-,19-,20-,22+/m0/s1. The van der Waals surface area contributed by atoms with Gasteiger partial charge >= 0.3 is 6.09 Å². The topological polar surface area (TPSA) is 135 Å². The van der Waals surface area contributed by atoms with E-state index in [9.17, 15) is 20.1 Å². The van der Waals surface area contributed by atoms with Crippen LogP contribution in [0.3, 0.4) is 0 Å². The molecular weight excluding hydrogens is 440 g/mol. The van der Waals surface area contributed by atoms with Crippen LogP contribution < -0.4 is 15.2 Å². The van der Waals surface area contributed by atoms with Crippen molar-refractivity contribution in [3.63, 3.8) is 0 Å². The van der Waals surface area contributed by atoms with Crippen LogP contribution in [-0.4, -0.2) is 71.9 Å². The second kappa shape index (κ2) is 11.4. The Balaban J connectivity index is 1.86. The van der Waals surface area contributed by atoms with Crippen LogP contribution in [0.15, 0.2) is 36.4 Å². The van der Waals surface area contributed by atoms with E-state index in [0.29, 0.717) is 29.0 Å². The Kier molecular flexibility index (Phi) is 8.60. The first kappa shape index (κ1) is 25.6. The molecular formula is C25H34N2O7. The molecule has 1 aliphatic rings. The van der Waals surface area contributed by atoms with Crippen molar-refractivity contribution in [1.29, 1.82) is 0 Å². The Morgan fingerprint density at radius 2 is 1.82 bits per heavy atom. The van der Waals surface area contributed by atoms with Crippen molar-refractivity contribution >= 4 is 6.09 Å². The molecule has 9 heteroatoms. The van der Waals surface area contributed by atoms with Crippen molar-refractivity contribution in [3.8, 4) is 17.2 Å². The Morgan fingerprint density at radius 3 is 2.41 bits per heavy atom. The van der Waals surface area contributed by atoms with E-state index in [1.54, 1.807) is 6.92 Å². The molecule has 5 N–H and O–H groups in total. The maximum Gasteiger partial charge on any atom is 0.410 e. The maximum absolute atomic E-state index is 13.1. The lowest BCUT2D eigenvalue weighted by Gasteiger charge is -2.34. The number of amides is 1. The van der Waals surface area contributed by atoms with Gasteiger partial charge in [0.05, 0.1) is 32.9 Å². The number of aliphatic hydroxyl groups is 2. The first-order chi connectivity index (χ1) is 16.4. The van der Waals surface area contributed by atoms with Gasteiger partial charge in [0.1, 0.15) is 12.4 Å². The van der Waals surface area contributed by atoms with Gasteiger partial charge < -0.3 is 35.3 Å². The van der Waals surface area contributed by atoms with Crippen LogP contribution in [0.1, 0.15) is 23.1 Å². The number of nitrogens with two attached hydrogens (primary N) is 1. The summed E-state index contributed by atoms with van der Waals surface area (Å²) in [6.07, 6.45) is 0.0548. The third-order valence-corrected chi connectivity index (χ3v) is 6.45. The molecule has 2 aromatic carbocycles. The minimum Gasteiger partial charge on any atom is -0.504 e. The van der Waals surface area contributed by atoms with E-state index in [2.05, 4.69) is 0 Å². The molecule has 34 heavy (non-hydrogen) atoms. The van der Waals surface area contributed by atoms with Crippen LogP contribution in [0.25, 0.3) is 0 Å². The average molecular weight is 475 g/mol. The fourth-order valence-electron chi connectivity index (χ4n) is 4.94. The number of phenolic OH excluding ortho intramolecular Hbond substituents is 1. The number of benzene rings is 2. The van der Waals surface area contributed by atoms with E-state index >= 15 is 0 Å². The van der Waals surface area contributed by atoms with Crippen LogP contribution in [0.5, 0.6) is 17.2 Å². The van der Waals surface area contributed by atoms with Gasteiger partial charge in [0.2, 0.25) is 0 Å². The molecule has 0 radical (unpaired) electrons. The number of rotatable bonds is 9. The monoisotopic (exact) mass is 474 g/mol. The van der Waals surface area contributed by atoms with E-state index < -0.39 is 24.2 Å². The highest BCUT2D eigenvalue weighted by atomic mass is 16.6. The molecule has 1 fully saturated rings. The summed E-state index contributed by atoms with van der Waals surface area (Å²) < 4.78 is 16.4. The van der Waals surface area contributed by atoms with Crippen LogP contribution in [0.2, 0.25) is 0 Å². The number of nitrogens with zero attached hydrogens (tertiary/aromatic N) is 1. The molecule has 1 saturated heterocycles. The van der Waals surface area contributed by atoms with Crippen molar-refractivity contribution in [1.82, 2.24) is 4.90 Å². The lowest BCUT2D eigenvalue weighted by atomic mass is 9.90. The van der Waals surface area contributed by atoms with Gasteiger partial charge in [-0.15, -0.1) is 0 Å². The number of likely N-dealkylation sites (tertiary alicyclic amines) is 1. The van der Waals surface area contributed by atoms with E-state index in [1.807, 2.05) is 30.3 Å². The van der Waals surface area contributed by atoms with Crippen LogP contribution in [0, 0.1) is 12.8 Å². The normalized spacial score (nSPS) is 20.8. The summed E-state index contributed by atoms with van der Waals surface area (Å²) in [6, 6.07) is 9.10. The molecule has 4 atom stereocenters. The van der Waals surface area contributed by atoms with Crippen molar-refractivity contribution in [2.24, 2.45) is 11.7 Å². The van der Waals surface area contributed by atoms with E-state index in [1.165, 1.54) is 25.2 Å². The van der Waals surface area contributed by atoms with Gasteiger partial charge in [0, 0.05) is 24.1 Å². The SMILES string of the molecule is COc1c(O)cc(C[C@H](N)[C@H]2[C@H](CO)C[C@@H](CO)N2C(=O)OCc2ccccc2)c(OC)c1C. The number of carbonyl (C=O) groups excluding carboxylic acids is 1. The van der Waals surface area contributed by atoms with Crippen molar-refractivity contribution in [3.05, 3.63) is 53.1 Å². The first-order valence-corrected chi connectivity index (χ1v) is 11.3. The van der Waals surface area contributed by atoms with Gasteiger partial charge in [0.15, 0.2) is 11.5 Å². The Hall–Kier alpha value is -3.01. The number of aliphatic hydroxyl groups excluding tert-OH is 2. The van der Waals surface area contributed by atoms with Gasteiger partial charge in [-0.3, -0.25) is 4.90 Å². The molecule has 0 aromatic heterocycles. The van der Waals surface area contributed by atoms with Crippen LogP contribution in [-0.2, 0) is 17.8 Å². The van der Waals surface area contributed by atoms with E-state index in [-0.39, 0.29) is 37.9 Å². The van der Waals surface area contributed by atoms with E-state index in [0.717, 1.165) is 5.56 Å². The molecule has 1 heterocycles. The quantitative estimate of drug-likeness (QED) is 0.433. The van der Waals surface area contributed by atoms with Gasteiger partial charge in [-0.2, -0.15) is 0 Å². The van der Waals surface area contributed by atoms with Crippen molar-refractivity contribution in [2.45, 2.75) is 44.5 Å². The highest BCUT2D eigenvalue weighted by molar-refractivity contribution is 5.69. The minimum absolute atomic E-state index is 0.0412. The zero-order chi connectivity index (χ0) is 24.8. The summed E-state index contributed by atoms with van der Waals surface area (Å²) in [5.41, 5.74) is 8.73. The number of hydrogen-bond donors (Lipinski definition) is 4. The zero-order valence-electron chi connectivity index (χ0n) is 19.8. The van der Waals surface area contributed by atoms with E-state index in [4.69, 9.17) is 19.9 Å². The second-order valence-electron chi connectivity index (χ2n) is 8.57. The Morgan fingerprint density at radius 1 is 1.15 bits per heavy atom. The summed E-state index contributed by atoms with van der Waals surface area (Å²) >= 11 is 0. The van der Waals surface area contributed by atoms with Gasteiger partial charge in [-0.05, 0) is 37.0 Å². The molecule has 3 rings (SSSR count). The van der Waals surface area contributed by atoms with Crippen LogP contribution >= 0.6 is 0 Å². The molecule has 0 saturated carbocycles. The number of hydrogen-bond acceptors (Lipinski definition) is 8. The molecule has 0 unspecified atom stereocenters. The minimum atomic E-state index is -0.626. The summed E-state index contributed by atoms with van der Waals surface area (Å²) in [7, 11) is 2.99. The third kappa shape index (κ3) is 5.22. The highest BCUT2D eigenvalue weighted by Crippen LogP contribution is 2.40. The predicted octanol–water partition coefficient (Wildman–Crippen LogP) is 1.97. The number of phenols is 1. The number of ether oxygens (including phenoxy) is 3. The van der Waals surface area contributed by atoms with Gasteiger partial charge in [-0.25, -0.2) is 4.79 Å². The zero-order valence-corrected chi connectivity index (χ0v) is 19.8. The molecule has 0 bridgehead atoms.